The quantitative estimate of drug-likeness (QED) is 0.810. The number of anilines is 2. The van der Waals surface area contributed by atoms with Crippen molar-refractivity contribution in [2.45, 2.75) is 6.10 Å². The Balaban J connectivity index is 2.13. The van der Waals surface area contributed by atoms with Crippen LogP contribution in [0.2, 0.25) is 0 Å². The number of para-hydroxylation sites is 1. The molecule has 1 aromatic rings. The molecule has 1 aromatic carbocycles. The van der Waals surface area contributed by atoms with Gasteiger partial charge in [-0.05, 0) is 19.2 Å². The summed E-state index contributed by atoms with van der Waals surface area (Å²) in [5, 5.41) is 12.5. The van der Waals surface area contributed by atoms with E-state index in [4.69, 9.17) is 11.6 Å². The molecule has 1 aliphatic rings. The number of alkyl halides is 1. The number of benzene rings is 1. The topological polar surface area (TPSA) is 38.7 Å². The van der Waals surface area contributed by atoms with E-state index in [-0.39, 0.29) is 18.2 Å². The number of rotatable bonds is 5. The summed E-state index contributed by atoms with van der Waals surface area (Å²) >= 11 is 5.56. The number of aliphatic hydroxyl groups excluding tert-OH is 1. The molecule has 1 heterocycles. The lowest BCUT2D eigenvalue weighted by Crippen LogP contribution is -2.44. The van der Waals surface area contributed by atoms with E-state index in [0.717, 1.165) is 31.9 Å². The normalized spacial score (nSPS) is 18.1. The summed E-state index contributed by atoms with van der Waals surface area (Å²) in [6, 6.07) is 5.05. The number of hydrogen-bond acceptors (Lipinski definition) is 4. The van der Waals surface area contributed by atoms with Crippen molar-refractivity contribution < 1.29 is 9.50 Å². The predicted molar refractivity (Wildman–Crippen MR) is 81.3 cm³/mol. The Kier molecular flexibility index (Phi) is 5.46. The van der Waals surface area contributed by atoms with Gasteiger partial charge in [0.15, 0.2) is 0 Å². The van der Waals surface area contributed by atoms with E-state index >= 15 is 0 Å². The van der Waals surface area contributed by atoms with Crippen molar-refractivity contribution in [2.75, 3.05) is 55.9 Å². The molecule has 1 atom stereocenters. The fourth-order valence-electron chi connectivity index (χ4n) is 2.27. The van der Waals surface area contributed by atoms with Gasteiger partial charge in [0.05, 0.1) is 23.4 Å². The zero-order valence-corrected chi connectivity index (χ0v) is 12.4. The Labute approximate surface area is 124 Å². The van der Waals surface area contributed by atoms with Gasteiger partial charge in [0.1, 0.15) is 5.82 Å². The van der Waals surface area contributed by atoms with Crippen LogP contribution in [-0.4, -0.2) is 61.8 Å². The third kappa shape index (κ3) is 3.75. The Morgan fingerprint density at radius 1 is 1.35 bits per heavy atom. The number of halogens is 2. The molecule has 0 bridgehead atoms. The van der Waals surface area contributed by atoms with Gasteiger partial charge in [0.25, 0.3) is 0 Å². The van der Waals surface area contributed by atoms with Gasteiger partial charge in [-0.1, -0.05) is 6.07 Å². The van der Waals surface area contributed by atoms with Crippen molar-refractivity contribution in [3.05, 3.63) is 24.0 Å². The number of nitrogens with zero attached hydrogens (tertiary/aromatic N) is 2. The summed E-state index contributed by atoms with van der Waals surface area (Å²) in [6.07, 6.45) is -0.684. The van der Waals surface area contributed by atoms with Crippen LogP contribution in [0.5, 0.6) is 0 Å². The SMILES string of the molecule is CN1CCN(c2cccc(F)c2NCC(O)CCl)CC1. The number of likely N-dealkylation sites (N-methyl/N-ethyl adjacent to an activating group) is 1. The van der Waals surface area contributed by atoms with Gasteiger partial charge in [-0.15, -0.1) is 11.6 Å². The first-order valence-electron chi connectivity index (χ1n) is 6.81. The van der Waals surface area contributed by atoms with E-state index in [1.54, 1.807) is 6.07 Å². The van der Waals surface area contributed by atoms with Crippen LogP contribution in [-0.2, 0) is 0 Å². The predicted octanol–water partition coefficient (Wildman–Crippen LogP) is 1.59. The minimum Gasteiger partial charge on any atom is -0.390 e. The van der Waals surface area contributed by atoms with Crippen LogP contribution in [0, 0.1) is 5.82 Å². The molecule has 0 saturated carbocycles. The molecule has 1 saturated heterocycles. The van der Waals surface area contributed by atoms with Gasteiger partial charge in [0.2, 0.25) is 0 Å². The molecule has 2 rings (SSSR count). The number of nitrogens with one attached hydrogen (secondary N) is 1. The maximum absolute atomic E-state index is 14.0. The average molecular weight is 302 g/mol. The molecule has 0 spiro atoms. The standard InChI is InChI=1S/C14H21ClFN3O/c1-18-5-7-19(8-6-18)13-4-2-3-12(16)14(13)17-10-11(20)9-15/h2-4,11,17,20H,5-10H2,1H3. The lowest BCUT2D eigenvalue weighted by molar-refractivity contribution is 0.211. The summed E-state index contributed by atoms with van der Waals surface area (Å²) in [7, 11) is 2.08. The van der Waals surface area contributed by atoms with Gasteiger partial charge < -0.3 is 20.2 Å². The first-order valence-corrected chi connectivity index (χ1v) is 7.35. The highest BCUT2D eigenvalue weighted by Gasteiger charge is 2.19. The molecule has 2 N–H and O–H groups in total. The van der Waals surface area contributed by atoms with Crippen molar-refractivity contribution in [3.8, 4) is 0 Å². The molecule has 4 nitrogen and oxygen atoms in total. The molecule has 0 aromatic heterocycles. The Hall–Kier alpha value is -1.04. The summed E-state index contributed by atoms with van der Waals surface area (Å²) in [4.78, 5) is 4.42. The highest BCUT2D eigenvalue weighted by atomic mass is 35.5. The lowest BCUT2D eigenvalue weighted by Gasteiger charge is -2.35. The summed E-state index contributed by atoms with van der Waals surface area (Å²) in [5.41, 5.74) is 1.29. The van der Waals surface area contributed by atoms with Crippen LogP contribution >= 0.6 is 11.6 Å². The minimum absolute atomic E-state index is 0.130. The summed E-state index contributed by atoms with van der Waals surface area (Å²) in [5.74, 6) is -0.172. The highest BCUT2D eigenvalue weighted by Crippen LogP contribution is 2.29. The smallest absolute Gasteiger partial charge is 0.148 e. The molecule has 1 fully saturated rings. The number of hydrogen-bond donors (Lipinski definition) is 2. The Morgan fingerprint density at radius 2 is 2.05 bits per heavy atom. The Bertz CT molecular complexity index is 438. The van der Waals surface area contributed by atoms with Crippen molar-refractivity contribution in [1.82, 2.24) is 4.90 Å². The van der Waals surface area contributed by atoms with Crippen molar-refractivity contribution in [3.63, 3.8) is 0 Å². The van der Waals surface area contributed by atoms with Gasteiger partial charge in [-0.2, -0.15) is 0 Å². The van der Waals surface area contributed by atoms with Crippen LogP contribution in [0.25, 0.3) is 0 Å². The molecule has 6 heteroatoms. The Morgan fingerprint density at radius 3 is 2.70 bits per heavy atom. The molecular weight excluding hydrogens is 281 g/mol. The molecule has 0 amide bonds. The zero-order valence-electron chi connectivity index (χ0n) is 11.6. The number of piperazine rings is 1. The summed E-state index contributed by atoms with van der Waals surface area (Å²) in [6.45, 7) is 3.89. The van der Waals surface area contributed by atoms with Crippen LogP contribution in [0.3, 0.4) is 0 Å². The van der Waals surface area contributed by atoms with Crippen LogP contribution in [0.15, 0.2) is 18.2 Å². The first-order chi connectivity index (χ1) is 9.61. The van der Waals surface area contributed by atoms with Crippen molar-refractivity contribution in [1.29, 1.82) is 0 Å². The van der Waals surface area contributed by atoms with Crippen molar-refractivity contribution >= 4 is 23.0 Å². The molecular formula is C14H21ClFN3O. The molecule has 0 aliphatic carbocycles. The lowest BCUT2D eigenvalue weighted by atomic mass is 10.2. The monoisotopic (exact) mass is 301 g/mol. The fraction of sp³-hybridized carbons (Fsp3) is 0.571. The third-order valence-corrected chi connectivity index (χ3v) is 3.88. The molecule has 0 radical (unpaired) electrons. The zero-order chi connectivity index (χ0) is 14.5. The van der Waals surface area contributed by atoms with E-state index in [9.17, 15) is 9.50 Å². The van der Waals surface area contributed by atoms with E-state index in [0.29, 0.717) is 5.69 Å². The number of aliphatic hydroxyl groups is 1. The van der Waals surface area contributed by atoms with Crippen molar-refractivity contribution in [2.24, 2.45) is 0 Å². The second-order valence-corrected chi connectivity index (χ2v) is 5.42. The third-order valence-electron chi connectivity index (χ3n) is 3.53. The molecule has 1 aliphatic heterocycles. The van der Waals surface area contributed by atoms with Gasteiger partial charge >= 0.3 is 0 Å². The van der Waals surface area contributed by atoms with Gasteiger partial charge in [-0.3, -0.25) is 0 Å². The maximum atomic E-state index is 14.0. The van der Waals surface area contributed by atoms with E-state index in [2.05, 4.69) is 22.2 Å². The second kappa shape index (κ2) is 7.11. The van der Waals surface area contributed by atoms with Crippen LogP contribution in [0.1, 0.15) is 0 Å². The van der Waals surface area contributed by atoms with Gasteiger partial charge in [0, 0.05) is 32.7 Å². The first kappa shape index (κ1) is 15.4. The van der Waals surface area contributed by atoms with Crippen LogP contribution < -0.4 is 10.2 Å². The minimum atomic E-state index is -0.684. The van der Waals surface area contributed by atoms with E-state index in [1.807, 2.05) is 6.07 Å². The average Bonchev–Trinajstić information content (AvgIpc) is 2.46. The summed E-state index contributed by atoms with van der Waals surface area (Å²) < 4.78 is 14.0. The molecule has 20 heavy (non-hydrogen) atoms. The maximum Gasteiger partial charge on any atom is 0.148 e. The van der Waals surface area contributed by atoms with E-state index in [1.165, 1.54) is 6.07 Å². The van der Waals surface area contributed by atoms with Gasteiger partial charge in [-0.25, -0.2) is 4.39 Å². The molecule has 1 unspecified atom stereocenters. The van der Waals surface area contributed by atoms with E-state index < -0.39 is 6.10 Å². The largest absolute Gasteiger partial charge is 0.390 e. The fourth-order valence-corrected chi connectivity index (χ4v) is 2.38. The molecule has 112 valence electrons. The van der Waals surface area contributed by atoms with Crippen LogP contribution in [0.4, 0.5) is 15.8 Å². The second-order valence-electron chi connectivity index (χ2n) is 5.11. The highest BCUT2D eigenvalue weighted by molar-refractivity contribution is 6.18.